The topological polar surface area (TPSA) is 43.1 Å². The van der Waals surface area contributed by atoms with E-state index >= 15 is 0 Å². The van der Waals surface area contributed by atoms with Crippen LogP contribution in [0.4, 0.5) is 4.39 Å². The van der Waals surface area contributed by atoms with Crippen LogP contribution in [0.2, 0.25) is 6.82 Å². The van der Waals surface area contributed by atoms with E-state index in [-0.39, 0.29) is 5.56 Å². The van der Waals surface area contributed by atoms with Gasteiger partial charge in [-0.1, -0.05) is 18.4 Å². The molecule has 1 amide bonds. The molecule has 0 fully saturated rings. The van der Waals surface area contributed by atoms with Gasteiger partial charge in [0.1, 0.15) is 13.1 Å². The van der Waals surface area contributed by atoms with Crippen molar-refractivity contribution in [1.82, 2.24) is 0 Å². The summed E-state index contributed by atoms with van der Waals surface area (Å²) in [5.74, 6) is -1.06. The van der Waals surface area contributed by atoms with Gasteiger partial charge in [0.2, 0.25) is 5.91 Å². The number of halogens is 1. The third kappa shape index (κ3) is 1.84. The molecule has 0 saturated carbocycles. The summed E-state index contributed by atoms with van der Waals surface area (Å²) >= 11 is 0. The van der Waals surface area contributed by atoms with E-state index in [2.05, 4.69) is 0 Å². The van der Waals surface area contributed by atoms with Gasteiger partial charge in [-0.25, -0.2) is 4.39 Å². The summed E-state index contributed by atoms with van der Waals surface area (Å²) in [5.41, 5.74) is 5.84. The summed E-state index contributed by atoms with van der Waals surface area (Å²) in [4.78, 5) is 10.7. The number of hydrogen-bond donors (Lipinski definition) is 1. The van der Waals surface area contributed by atoms with Crippen LogP contribution >= 0.6 is 0 Å². The van der Waals surface area contributed by atoms with Crippen molar-refractivity contribution >= 4 is 18.6 Å². The van der Waals surface area contributed by atoms with Crippen molar-refractivity contribution in [2.45, 2.75) is 6.82 Å². The fourth-order valence-corrected chi connectivity index (χ4v) is 0.921. The Morgan fingerprint density at radius 3 is 2.67 bits per heavy atom. The molecule has 0 heterocycles. The Bertz CT molecular complexity index is 314. The summed E-state index contributed by atoms with van der Waals surface area (Å²) in [6, 6.07) is 4.01. The lowest BCUT2D eigenvalue weighted by molar-refractivity contribution is 0.1000. The molecule has 1 rings (SSSR count). The quantitative estimate of drug-likeness (QED) is 0.627. The number of amides is 1. The predicted molar refractivity (Wildman–Crippen MR) is 46.2 cm³/mol. The minimum Gasteiger partial charge on any atom is -0.366 e. The SMILES string of the molecule is C[B]c1cc(F)cc(C(N)=O)c1. The van der Waals surface area contributed by atoms with Gasteiger partial charge in [0.15, 0.2) is 0 Å². The molecule has 0 atom stereocenters. The molecule has 0 bridgehead atoms. The van der Waals surface area contributed by atoms with Crippen molar-refractivity contribution in [2.75, 3.05) is 0 Å². The first-order chi connectivity index (χ1) is 5.63. The third-order valence-corrected chi connectivity index (χ3v) is 1.54. The van der Waals surface area contributed by atoms with Crippen LogP contribution in [0.1, 0.15) is 10.4 Å². The summed E-state index contributed by atoms with van der Waals surface area (Å²) in [5, 5.41) is 0. The molecule has 12 heavy (non-hydrogen) atoms. The predicted octanol–water partition coefficient (Wildman–Crippen LogP) is 0.302. The molecule has 2 nitrogen and oxygen atoms in total. The number of carbonyl (C=O) groups excluding carboxylic acids is 1. The molecule has 0 saturated heterocycles. The van der Waals surface area contributed by atoms with Gasteiger partial charge in [0, 0.05) is 5.56 Å². The molecule has 0 aliphatic heterocycles. The maximum absolute atomic E-state index is 12.7. The normalized spacial score (nSPS) is 9.50. The number of benzene rings is 1. The summed E-state index contributed by atoms with van der Waals surface area (Å²) in [6.45, 7) is 1.76. The molecule has 1 aromatic carbocycles. The van der Waals surface area contributed by atoms with E-state index in [0.29, 0.717) is 5.46 Å². The van der Waals surface area contributed by atoms with Gasteiger partial charge in [-0.15, -0.1) is 0 Å². The smallest absolute Gasteiger partial charge is 0.248 e. The second-order valence-electron chi connectivity index (χ2n) is 2.43. The van der Waals surface area contributed by atoms with Crippen molar-refractivity contribution < 1.29 is 9.18 Å². The average Bonchev–Trinajstić information content (AvgIpc) is 2.03. The Hall–Kier alpha value is -1.32. The molecule has 0 unspecified atom stereocenters. The zero-order valence-electron chi connectivity index (χ0n) is 6.67. The van der Waals surface area contributed by atoms with E-state index < -0.39 is 11.7 Å². The largest absolute Gasteiger partial charge is 0.366 e. The number of rotatable bonds is 2. The molecule has 1 radical (unpaired) electrons. The molecule has 0 aromatic heterocycles. The van der Waals surface area contributed by atoms with Crippen LogP contribution in [-0.4, -0.2) is 13.2 Å². The molecular weight excluding hydrogens is 156 g/mol. The number of hydrogen-bond acceptors (Lipinski definition) is 1. The van der Waals surface area contributed by atoms with Gasteiger partial charge in [-0.2, -0.15) is 0 Å². The highest BCUT2D eigenvalue weighted by molar-refractivity contribution is 6.52. The lowest BCUT2D eigenvalue weighted by Crippen LogP contribution is -2.18. The second-order valence-corrected chi connectivity index (χ2v) is 2.43. The van der Waals surface area contributed by atoms with E-state index in [9.17, 15) is 9.18 Å². The van der Waals surface area contributed by atoms with Crippen molar-refractivity contribution in [3.63, 3.8) is 0 Å². The minimum absolute atomic E-state index is 0.197. The van der Waals surface area contributed by atoms with Crippen molar-refractivity contribution in [3.8, 4) is 0 Å². The molecule has 0 spiro atoms. The maximum atomic E-state index is 12.7. The molecule has 0 aliphatic carbocycles. The van der Waals surface area contributed by atoms with E-state index in [1.165, 1.54) is 6.07 Å². The lowest BCUT2D eigenvalue weighted by atomic mass is 9.73. The van der Waals surface area contributed by atoms with Crippen LogP contribution in [0.5, 0.6) is 0 Å². The van der Waals surface area contributed by atoms with E-state index in [1.807, 2.05) is 0 Å². The molecular formula is C8H8BFNO. The van der Waals surface area contributed by atoms with Crippen LogP contribution in [0.25, 0.3) is 0 Å². The lowest BCUT2D eigenvalue weighted by Gasteiger charge is -1.99. The fourth-order valence-electron chi connectivity index (χ4n) is 0.921. The zero-order valence-corrected chi connectivity index (χ0v) is 6.67. The van der Waals surface area contributed by atoms with Crippen molar-refractivity contribution in [1.29, 1.82) is 0 Å². The summed E-state index contributed by atoms with van der Waals surface area (Å²) in [6.07, 6.45) is 0. The Morgan fingerprint density at radius 2 is 2.17 bits per heavy atom. The van der Waals surface area contributed by atoms with Gasteiger partial charge in [-0.3, -0.25) is 4.79 Å². The molecule has 2 N–H and O–H groups in total. The Balaban J connectivity index is 3.15. The Kier molecular flexibility index (Phi) is 2.48. The van der Waals surface area contributed by atoms with Crippen LogP contribution in [-0.2, 0) is 0 Å². The van der Waals surface area contributed by atoms with Gasteiger partial charge < -0.3 is 5.73 Å². The second kappa shape index (κ2) is 3.39. The van der Waals surface area contributed by atoms with Gasteiger partial charge >= 0.3 is 0 Å². The van der Waals surface area contributed by atoms with Crippen LogP contribution < -0.4 is 11.2 Å². The number of carbonyl (C=O) groups is 1. The minimum atomic E-state index is -0.613. The van der Waals surface area contributed by atoms with Gasteiger partial charge in [-0.05, 0) is 12.1 Å². The van der Waals surface area contributed by atoms with Gasteiger partial charge in [0.25, 0.3) is 0 Å². The number of nitrogens with two attached hydrogens (primary N) is 1. The Labute approximate surface area is 70.8 Å². The maximum Gasteiger partial charge on any atom is 0.248 e. The van der Waals surface area contributed by atoms with E-state index in [4.69, 9.17) is 5.73 Å². The highest BCUT2D eigenvalue weighted by Crippen LogP contribution is 2.00. The first kappa shape index (κ1) is 8.78. The highest BCUT2D eigenvalue weighted by Gasteiger charge is 2.03. The van der Waals surface area contributed by atoms with Crippen LogP contribution in [0, 0.1) is 5.82 Å². The molecule has 61 valence electrons. The highest BCUT2D eigenvalue weighted by atomic mass is 19.1. The first-order valence-electron chi connectivity index (χ1n) is 3.53. The average molecular weight is 164 g/mol. The standard InChI is InChI=1S/C8H8BFNO/c1-9-6-2-5(8(11)12)3-7(10)4-6/h2-4H,1H3,(H2,11,12). The third-order valence-electron chi connectivity index (χ3n) is 1.54. The summed E-state index contributed by atoms with van der Waals surface area (Å²) < 4.78 is 12.7. The van der Waals surface area contributed by atoms with Gasteiger partial charge in [0.05, 0.1) is 0 Å². The Morgan fingerprint density at radius 1 is 1.50 bits per heavy atom. The van der Waals surface area contributed by atoms with Crippen molar-refractivity contribution in [2.24, 2.45) is 5.73 Å². The fraction of sp³-hybridized carbons (Fsp3) is 0.125. The first-order valence-corrected chi connectivity index (χ1v) is 3.53. The van der Waals surface area contributed by atoms with Crippen LogP contribution in [0.15, 0.2) is 18.2 Å². The number of primary amides is 1. The molecule has 4 heteroatoms. The van der Waals surface area contributed by atoms with E-state index in [1.54, 1.807) is 20.2 Å². The molecule has 1 aromatic rings. The summed E-state index contributed by atoms with van der Waals surface area (Å²) in [7, 11) is 1.70. The van der Waals surface area contributed by atoms with E-state index in [0.717, 1.165) is 6.07 Å². The zero-order chi connectivity index (χ0) is 9.14. The molecule has 0 aliphatic rings. The van der Waals surface area contributed by atoms with Crippen molar-refractivity contribution in [3.05, 3.63) is 29.6 Å². The van der Waals surface area contributed by atoms with Crippen LogP contribution in [0.3, 0.4) is 0 Å². The monoisotopic (exact) mass is 164 g/mol.